The predicted octanol–water partition coefficient (Wildman–Crippen LogP) is 6.63. The van der Waals surface area contributed by atoms with Gasteiger partial charge >= 0.3 is 0 Å². The Morgan fingerprint density at radius 1 is 1.00 bits per heavy atom. The third-order valence-electron chi connectivity index (χ3n) is 6.56. The van der Waals surface area contributed by atoms with Crippen molar-refractivity contribution in [1.82, 2.24) is 5.32 Å². The highest BCUT2D eigenvalue weighted by molar-refractivity contribution is 8.15. The van der Waals surface area contributed by atoms with Crippen molar-refractivity contribution in [2.75, 3.05) is 13.2 Å². The largest absolute Gasteiger partial charge is 0.493 e. The number of carbonyl (C=O) groups excluding carboxylic acids is 2. The molecule has 1 heterocycles. The van der Waals surface area contributed by atoms with E-state index in [4.69, 9.17) is 9.47 Å². The molecular formula is C28H35NO4S. The van der Waals surface area contributed by atoms with Crippen molar-refractivity contribution in [3.8, 4) is 11.5 Å². The monoisotopic (exact) mass is 481 g/mol. The second-order valence-corrected chi connectivity index (χ2v) is 10.4. The molecule has 4 rings (SSSR count). The van der Waals surface area contributed by atoms with Gasteiger partial charge in [-0.1, -0.05) is 69.7 Å². The summed E-state index contributed by atoms with van der Waals surface area (Å²) in [5, 5.41) is 1.52. The van der Waals surface area contributed by atoms with E-state index >= 15 is 0 Å². The quantitative estimate of drug-likeness (QED) is 0.365. The van der Waals surface area contributed by atoms with Crippen LogP contribution in [0.15, 0.2) is 42.5 Å². The number of imide groups is 1. The van der Waals surface area contributed by atoms with Gasteiger partial charge in [0.25, 0.3) is 5.24 Å². The van der Waals surface area contributed by atoms with Crippen LogP contribution in [0.5, 0.6) is 11.5 Å². The van der Waals surface area contributed by atoms with Gasteiger partial charge in [0.05, 0.1) is 13.2 Å². The molecule has 1 aliphatic carbocycles. The smallest absolute Gasteiger partial charge is 0.286 e. The minimum atomic E-state index is -0.502. The topological polar surface area (TPSA) is 64.6 Å². The average Bonchev–Trinajstić information content (AvgIpc) is 3.19. The summed E-state index contributed by atoms with van der Waals surface area (Å²) in [5.74, 6) is 2.26. The maximum Gasteiger partial charge on any atom is 0.286 e. The summed E-state index contributed by atoms with van der Waals surface area (Å²) in [6.45, 7) is 3.33. The van der Waals surface area contributed by atoms with Crippen LogP contribution >= 0.6 is 11.8 Å². The summed E-state index contributed by atoms with van der Waals surface area (Å²) in [6.07, 6.45) is 11.0. The van der Waals surface area contributed by atoms with Gasteiger partial charge in [0.15, 0.2) is 0 Å². The number of hydrogen-bond acceptors (Lipinski definition) is 5. The summed E-state index contributed by atoms with van der Waals surface area (Å²) < 4.78 is 12.0. The number of amides is 2. The van der Waals surface area contributed by atoms with Crippen LogP contribution < -0.4 is 14.8 Å². The number of nitrogens with one attached hydrogen (secondary N) is 1. The molecule has 0 spiro atoms. The Morgan fingerprint density at radius 3 is 2.59 bits per heavy atom. The standard InChI is InChI=1S/C28H35NO4S/c1-2-8-22-18-21(17-20-9-4-3-5-10-20)13-14-25(22)33-16-7-15-32-24-12-6-11-23(19-24)26-27(30)29-28(31)34-26/h6,11-14,18-20,26H,2-5,7-10,15-17H2,1H3,(H,29,30,31). The highest BCUT2D eigenvalue weighted by Gasteiger charge is 2.33. The SMILES string of the molecule is CCCc1cc(CC2CCCCC2)ccc1OCCCOc1cccc(C2SC(=O)NC2=O)c1. The highest BCUT2D eigenvalue weighted by Crippen LogP contribution is 2.35. The van der Waals surface area contributed by atoms with Crippen LogP contribution in [0.2, 0.25) is 0 Å². The van der Waals surface area contributed by atoms with Crippen molar-refractivity contribution in [1.29, 1.82) is 0 Å². The van der Waals surface area contributed by atoms with Gasteiger partial charge in [0, 0.05) is 6.42 Å². The summed E-state index contributed by atoms with van der Waals surface area (Å²) in [4.78, 5) is 23.4. The zero-order chi connectivity index (χ0) is 23.8. The summed E-state index contributed by atoms with van der Waals surface area (Å²) in [5.41, 5.74) is 3.53. The summed E-state index contributed by atoms with van der Waals surface area (Å²) >= 11 is 1.01. The van der Waals surface area contributed by atoms with Crippen molar-refractivity contribution in [3.63, 3.8) is 0 Å². The molecule has 1 atom stereocenters. The predicted molar refractivity (Wildman–Crippen MR) is 137 cm³/mol. The van der Waals surface area contributed by atoms with Crippen molar-refractivity contribution >= 4 is 22.9 Å². The molecule has 2 aromatic carbocycles. The van der Waals surface area contributed by atoms with Gasteiger partial charge in [0.1, 0.15) is 16.7 Å². The Bertz CT molecular complexity index is 986. The molecule has 1 N–H and O–H groups in total. The first kappa shape index (κ1) is 24.6. The molecule has 0 radical (unpaired) electrons. The Morgan fingerprint density at radius 2 is 1.82 bits per heavy atom. The molecule has 2 aromatic rings. The lowest BCUT2D eigenvalue weighted by Gasteiger charge is -2.22. The highest BCUT2D eigenvalue weighted by atomic mass is 32.2. The van der Waals surface area contributed by atoms with Crippen molar-refractivity contribution in [2.45, 2.75) is 70.0 Å². The first-order valence-corrected chi connectivity index (χ1v) is 13.5. The molecule has 0 bridgehead atoms. The summed E-state index contributed by atoms with van der Waals surface area (Å²) in [6, 6.07) is 14.2. The van der Waals surface area contributed by atoms with Gasteiger partial charge < -0.3 is 9.47 Å². The fraction of sp³-hybridized carbons (Fsp3) is 0.500. The molecule has 34 heavy (non-hydrogen) atoms. The third-order valence-corrected chi connectivity index (χ3v) is 7.60. The number of hydrogen-bond donors (Lipinski definition) is 1. The van der Waals surface area contributed by atoms with Crippen LogP contribution in [0.25, 0.3) is 0 Å². The van der Waals surface area contributed by atoms with Gasteiger partial charge in [0.2, 0.25) is 5.91 Å². The van der Waals surface area contributed by atoms with E-state index < -0.39 is 5.25 Å². The van der Waals surface area contributed by atoms with E-state index in [9.17, 15) is 9.59 Å². The first-order valence-electron chi connectivity index (χ1n) is 12.6. The Hall–Kier alpha value is -2.47. The Labute approximate surface area is 207 Å². The average molecular weight is 482 g/mol. The van der Waals surface area contributed by atoms with E-state index in [1.165, 1.54) is 49.7 Å². The van der Waals surface area contributed by atoms with E-state index in [0.717, 1.165) is 48.3 Å². The number of carbonyl (C=O) groups is 2. The second-order valence-electron chi connectivity index (χ2n) is 9.30. The number of benzene rings is 2. The van der Waals surface area contributed by atoms with Crippen LogP contribution in [0.1, 0.15) is 73.8 Å². The normalized spacial score (nSPS) is 18.7. The third kappa shape index (κ3) is 6.78. The molecule has 1 saturated carbocycles. The number of rotatable bonds is 11. The first-order chi connectivity index (χ1) is 16.6. The lowest BCUT2D eigenvalue weighted by molar-refractivity contribution is -0.119. The fourth-order valence-electron chi connectivity index (χ4n) is 4.86. The van der Waals surface area contributed by atoms with Crippen molar-refractivity contribution in [2.24, 2.45) is 5.92 Å². The molecular weight excluding hydrogens is 446 g/mol. The second kappa shape index (κ2) is 12.3. The molecule has 0 aromatic heterocycles. The Balaban J connectivity index is 1.25. The van der Waals surface area contributed by atoms with Gasteiger partial charge in [-0.05, 0) is 65.4 Å². The molecule has 5 nitrogen and oxygen atoms in total. The molecule has 1 saturated heterocycles. The molecule has 1 unspecified atom stereocenters. The lowest BCUT2D eigenvalue weighted by Crippen LogP contribution is -2.20. The number of thioether (sulfide) groups is 1. The minimum Gasteiger partial charge on any atom is -0.493 e. The zero-order valence-corrected chi connectivity index (χ0v) is 20.8. The molecule has 2 amide bonds. The van der Waals surface area contributed by atoms with Crippen molar-refractivity contribution < 1.29 is 19.1 Å². The maximum absolute atomic E-state index is 11.9. The van der Waals surface area contributed by atoms with Gasteiger partial charge in [-0.2, -0.15) is 0 Å². The van der Waals surface area contributed by atoms with Crippen LogP contribution in [0, 0.1) is 5.92 Å². The van der Waals surface area contributed by atoms with Gasteiger partial charge in [-0.15, -0.1) is 0 Å². The van der Waals surface area contributed by atoms with Crippen LogP contribution in [-0.2, 0) is 17.6 Å². The molecule has 1 aliphatic heterocycles. The van der Waals surface area contributed by atoms with Crippen LogP contribution in [0.3, 0.4) is 0 Å². The summed E-state index contributed by atoms with van der Waals surface area (Å²) in [7, 11) is 0. The van der Waals surface area contributed by atoms with E-state index in [1.807, 2.05) is 24.3 Å². The van der Waals surface area contributed by atoms with Crippen LogP contribution in [0.4, 0.5) is 4.79 Å². The number of ether oxygens (including phenoxy) is 2. The molecule has 2 aliphatic rings. The van der Waals surface area contributed by atoms with E-state index in [0.29, 0.717) is 19.0 Å². The minimum absolute atomic E-state index is 0.270. The molecule has 2 fully saturated rings. The lowest BCUT2D eigenvalue weighted by atomic mass is 9.84. The van der Waals surface area contributed by atoms with Gasteiger partial charge in [-0.25, -0.2) is 0 Å². The van der Waals surface area contributed by atoms with E-state index in [1.54, 1.807) is 0 Å². The number of aryl methyl sites for hydroxylation is 1. The van der Waals surface area contributed by atoms with E-state index in [2.05, 4.69) is 30.4 Å². The molecule has 182 valence electrons. The zero-order valence-electron chi connectivity index (χ0n) is 20.0. The Kier molecular flexibility index (Phi) is 8.91. The fourth-order valence-corrected chi connectivity index (χ4v) is 5.69. The van der Waals surface area contributed by atoms with E-state index in [-0.39, 0.29) is 11.1 Å². The van der Waals surface area contributed by atoms with Crippen molar-refractivity contribution in [3.05, 3.63) is 59.2 Å². The maximum atomic E-state index is 11.9. The molecule has 6 heteroatoms. The van der Waals surface area contributed by atoms with Gasteiger partial charge in [-0.3, -0.25) is 14.9 Å². The van der Waals surface area contributed by atoms with Crippen LogP contribution in [-0.4, -0.2) is 24.4 Å².